The maximum Gasteiger partial charge on any atom is 0.312 e. The van der Waals surface area contributed by atoms with Gasteiger partial charge in [0.1, 0.15) is 11.7 Å². The van der Waals surface area contributed by atoms with E-state index < -0.39 is 11.9 Å². The van der Waals surface area contributed by atoms with Crippen molar-refractivity contribution in [2.24, 2.45) is 0 Å². The molecule has 0 bridgehead atoms. The fourth-order valence-corrected chi connectivity index (χ4v) is 2.74. The van der Waals surface area contributed by atoms with Crippen LogP contribution in [0.2, 0.25) is 0 Å². The van der Waals surface area contributed by atoms with E-state index in [4.69, 9.17) is 0 Å². The molecular formula is C16H15NO3. The molecule has 0 spiro atoms. The maximum atomic E-state index is 11.4. The Labute approximate surface area is 116 Å². The summed E-state index contributed by atoms with van der Waals surface area (Å²) in [6.07, 6.45) is 0. The topological polar surface area (TPSA) is 60.8 Å². The number of benzene rings is 2. The van der Waals surface area contributed by atoms with Crippen molar-refractivity contribution in [3.63, 3.8) is 0 Å². The van der Waals surface area contributed by atoms with Crippen molar-refractivity contribution in [3.05, 3.63) is 59.7 Å². The molecule has 1 aliphatic rings. The predicted molar refractivity (Wildman–Crippen MR) is 76.0 cm³/mol. The molecule has 102 valence electrons. The van der Waals surface area contributed by atoms with Crippen LogP contribution in [0.1, 0.15) is 17.0 Å². The Morgan fingerprint density at radius 2 is 1.90 bits per heavy atom. The molecule has 0 aromatic heterocycles. The van der Waals surface area contributed by atoms with Gasteiger partial charge in [0.15, 0.2) is 0 Å². The summed E-state index contributed by atoms with van der Waals surface area (Å²) in [4.78, 5) is 13.3. The quantitative estimate of drug-likeness (QED) is 0.899. The number of rotatable bonds is 3. The summed E-state index contributed by atoms with van der Waals surface area (Å²) in [6, 6.07) is 14.9. The van der Waals surface area contributed by atoms with Gasteiger partial charge in [0.2, 0.25) is 0 Å². The van der Waals surface area contributed by atoms with Crippen molar-refractivity contribution < 1.29 is 15.0 Å². The van der Waals surface area contributed by atoms with Crippen LogP contribution >= 0.6 is 0 Å². The van der Waals surface area contributed by atoms with Crippen LogP contribution in [0.5, 0.6) is 5.75 Å². The van der Waals surface area contributed by atoms with Crippen molar-refractivity contribution in [1.29, 1.82) is 0 Å². The van der Waals surface area contributed by atoms with Crippen molar-refractivity contribution in [2.75, 3.05) is 11.4 Å². The zero-order chi connectivity index (χ0) is 14.1. The molecule has 0 radical (unpaired) electrons. The second-order valence-electron chi connectivity index (χ2n) is 4.97. The summed E-state index contributed by atoms with van der Waals surface area (Å²) >= 11 is 0. The maximum absolute atomic E-state index is 11.4. The normalized spacial score (nSPS) is 17.0. The van der Waals surface area contributed by atoms with E-state index in [0.717, 1.165) is 5.56 Å². The Kier molecular flexibility index (Phi) is 3.06. The van der Waals surface area contributed by atoms with Crippen molar-refractivity contribution in [1.82, 2.24) is 0 Å². The van der Waals surface area contributed by atoms with E-state index in [1.54, 1.807) is 18.2 Å². The Hall–Kier alpha value is -2.49. The molecule has 4 heteroatoms. The first-order valence-corrected chi connectivity index (χ1v) is 6.50. The van der Waals surface area contributed by atoms with Gasteiger partial charge < -0.3 is 15.1 Å². The van der Waals surface area contributed by atoms with Crippen LogP contribution in [-0.2, 0) is 11.3 Å². The lowest BCUT2D eigenvalue weighted by Gasteiger charge is -2.20. The van der Waals surface area contributed by atoms with Gasteiger partial charge in [-0.2, -0.15) is 0 Å². The van der Waals surface area contributed by atoms with E-state index in [1.165, 1.54) is 0 Å². The number of carboxylic acids is 1. The number of carboxylic acid groups (broad SMARTS) is 1. The molecule has 1 heterocycles. The molecule has 2 N–H and O–H groups in total. The number of para-hydroxylation sites is 1. The molecule has 1 aliphatic heterocycles. The Balaban J connectivity index is 1.97. The number of aliphatic carboxylic acids is 1. The summed E-state index contributed by atoms with van der Waals surface area (Å²) in [6.45, 7) is 0.978. The van der Waals surface area contributed by atoms with Gasteiger partial charge in [-0.05, 0) is 17.2 Å². The van der Waals surface area contributed by atoms with E-state index in [0.29, 0.717) is 24.3 Å². The third-order valence-electron chi connectivity index (χ3n) is 3.65. The molecule has 0 aliphatic carbocycles. The van der Waals surface area contributed by atoms with E-state index in [2.05, 4.69) is 0 Å². The van der Waals surface area contributed by atoms with Gasteiger partial charge in [-0.15, -0.1) is 0 Å². The number of nitrogens with zero attached hydrogens (tertiary/aromatic N) is 1. The fourth-order valence-electron chi connectivity index (χ4n) is 2.74. The standard InChI is InChI=1S/C16H15NO3/c18-14-8-4-7-12-13(16(19)20)10-17(15(12)14)9-11-5-2-1-3-6-11/h1-8,13,18H,9-10H2,(H,19,20). The number of aromatic hydroxyl groups is 1. The number of hydrogen-bond donors (Lipinski definition) is 2. The number of carbonyl (C=O) groups is 1. The highest BCUT2D eigenvalue weighted by molar-refractivity contribution is 5.84. The number of fused-ring (bicyclic) bond motifs is 1. The number of anilines is 1. The molecule has 20 heavy (non-hydrogen) atoms. The Bertz CT molecular complexity index is 639. The third kappa shape index (κ3) is 2.09. The molecule has 0 saturated carbocycles. The predicted octanol–water partition coefficient (Wildman–Crippen LogP) is 2.58. The summed E-state index contributed by atoms with van der Waals surface area (Å²) < 4.78 is 0. The van der Waals surface area contributed by atoms with Crippen LogP contribution in [0.4, 0.5) is 5.69 Å². The molecule has 1 atom stereocenters. The molecule has 0 amide bonds. The average Bonchev–Trinajstić information content (AvgIpc) is 2.80. The minimum atomic E-state index is -0.854. The minimum absolute atomic E-state index is 0.141. The van der Waals surface area contributed by atoms with Crippen molar-refractivity contribution >= 4 is 11.7 Å². The summed E-state index contributed by atoms with van der Waals surface area (Å²) in [5, 5.41) is 19.4. The first-order chi connectivity index (χ1) is 9.66. The van der Waals surface area contributed by atoms with Crippen LogP contribution in [-0.4, -0.2) is 22.7 Å². The SMILES string of the molecule is O=C(O)C1CN(Cc2ccccc2)c2c(O)cccc21. The lowest BCUT2D eigenvalue weighted by molar-refractivity contribution is -0.138. The highest BCUT2D eigenvalue weighted by Gasteiger charge is 2.35. The van der Waals surface area contributed by atoms with Crippen LogP contribution in [0.3, 0.4) is 0 Å². The first-order valence-electron chi connectivity index (χ1n) is 6.50. The van der Waals surface area contributed by atoms with Crippen LogP contribution in [0, 0.1) is 0 Å². The van der Waals surface area contributed by atoms with Crippen LogP contribution < -0.4 is 4.90 Å². The van der Waals surface area contributed by atoms with Crippen LogP contribution in [0.25, 0.3) is 0 Å². The smallest absolute Gasteiger partial charge is 0.312 e. The van der Waals surface area contributed by atoms with Gasteiger partial charge in [-0.3, -0.25) is 4.79 Å². The molecule has 3 rings (SSSR count). The second kappa shape index (κ2) is 4.89. The molecule has 0 fully saturated rings. The molecule has 0 saturated heterocycles. The monoisotopic (exact) mass is 269 g/mol. The highest BCUT2D eigenvalue weighted by atomic mass is 16.4. The third-order valence-corrected chi connectivity index (χ3v) is 3.65. The Morgan fingerprint density at radius 3 is 2.60 bits per heavy atom. The highest BCUT2D eigenvalue weighted by Crippen LogP contribution is 2.42. The van der Waals surface area contributed by atoms with Gasteiger partial charge in [-0.25, -0.2) is 0 Å². The van der Waals surface area contributed by atoms with E-state index in [1.807, 2.05) is 35.2 Å². The number of hydrogen-bond acceptors (Lipinski definition) is 3. The zero-order valence-electron chi connectivity index (χ0n) is 10.9. The van der Waals surface area contributed by atoms with Crippen molar-refractivity contribution in [3.8, 4) is 5.75 Å². The lowest BCUT2D eigenvalue weighted by atomic mass is 10.0. The van der Waals surface area contributed by atoms with Crippen molar-refractivity contribution in [2.45, 2.75) is 12.5 Å². The van der Waals surface area contributed by atoms with Gasteiger partial charge in [0.25, 0.3) is 0 Å². The number of phenols is 1. The van der Waals surface area contributed by atoms with Gasteiger partial charge in [0, 0.05) is 13.1 Å². The van der Waals surface area contributed by atoms with Gasteiger partial charge in [0.05, 0.1) is 5.69 Å². The fraction of sp³-hybridized carbons (Fsp3) is 0.188. The lowest BCUT2D eigenvalue weighted by Crippen LogP contribution is -2.24. The largest absolute Gasteiger partial charge is 0.506 e. The number of phenolic OH excluding ortho intramolecular Hbond substituents is 1. The van der Waals surface area contributed by atoms with E-state index in [9.17, 15) is 15.0 Å². The minimum Gasteiger partial charge on any atom is -0.506 e. The molecule has 1 unspecified atom stereocenters. The molecule has 2 aromatic carbocycles. The summed E-state index contributed by atoms with van der Waals surface area (Å²) in [5.74, 6) is -1.30. The zero-order valence-corrected chi connectivity index (χ0v) is 10.9. The molecular weight excluding hydrogens is 254 g/mol. The first kappa shape index (κ1) is 12.5. The van der Waals surface area contributed by atoms with Gasteiger partial charge in [-0.1, -0.05) is 42.5 Å². The Morgan fingerprint density at radius 1 is 1.15 bits per heavy atom. The second-order valence-corrected chi connectivity index (χ2v) is 4.97. The van der Waals surface area contributed by atoms with Gasteiger partial charge >= 0.3 is 5.97 Å². The average molecular weight is 269 g/mol. The molecule has 4 nitrogen and oxygen atoms in total. The summed E-state index contributed by atoms with van der Waals surface area (Å²) in [7, 11) is 0. The van der Waals surface area contributed by atoms with Crippen LogP contribution in [0.15, 0.2) is 48.5 Å². The van der Waals surface area contributed by atoms with E-state index >= 15 is 0 Å². The van der Waals surface area contributed by atoms with E-state index in [-0.39, 0.29) is 5.75 Å². The molecule has 2 aromatic rings. The summed E-state index contributed by atoms with van der Waals surface area (Å²) in [5.41, 5.74) is 2.42.